The van der Waals surface area contributed by atoms with E-state index in [1.165, 1.54) is 5.56 Å². The highest BCUT2D eigenvalue weighted by atomic mass is 16.5. The van der Waals surface area contributed by atoms with Crippen LogP contribution in [0.15, 0.2) is 54.6 Å². The molecule has 0 spiro atoms. The van der Waals surface area contributed by atoms with E-state index in [1.54, 1.807) is 18.2 Å². The molecule has 0 aliphatic heterocycles. The van der Waals surface area contributed by atoms with Crippen molar-refractivity contribution in [2.45, 2.75) is 20.5 Å². The van der Waals surface area contributed by atoms with Crippen LogP contribution in [0, 0.1) is 13.8 Å². The summed E-state index contributed by atoms with van der Waals surface area (Å²) in [6.45, 7) is 4.33. The van der Waals surface area contributed by atoms with E-state index in [4.69, 9.17) is 9.84 Å². The third-order valence-corrected chi connectivity index (χ3v) is 3.31. The summed E-state index contributed by atoms with van der Waals surface area (Å²) in [6, 6.07) is 13.1. The molecule has 0 aliphatic carbocycles. The van der Waals surface area contributed by atoms with Crippen LogP contribution in [0.4, 0.5) is 0 Å². The molecule has 4 heteroatoms. The first-order valence-electron chi connectivity index (χ1n) is 7.20. The lowest BCUT2D eigenvalue weighted by atomic mass is 10.1. The number of aryl methyl sites for hydroxylation is 2. The highest BCUT2D eigenvalue weighted by molar-refractivity contribution is 6.07. The largest absolute Gasteiger partial charge is 0.489 e. The van der Waals surface area contributed by atoms with Gasteiger partial charge in [0.1, 0.15) is 12.4 Å². The molecular formula is C19H18O4. The molecule has 0 aromatic heterocycles. The summed E-state index contributed by atoms with van der Waals surface area (Å²) in [6.07, 6.45) is 1.88. The number of allylic oxidation sites excluding steroid dienone is 1. The fourth-order valence-electron chi connectivity index (χ4n) is 2.17. The molecule has 2 rings (SSSR count). The lowest BCUT2D eigenvalue weighted by Gasteiger charge is -2.10. The van der Waals surface area contributed by atoms with Gasteiger partial charge in [0.2, 0.25) is 0 Å². The first kappa shape index (κ1) is 16.5. The fourth-order valence-corrected chi connectivity index (χ4v) is 2.17. The van der Waals surface area contributed by atoms with Crippen LogP contribution in [-0.2, 0) is 11.4 Å². The van der Waals surface area contributed by atoms with Crippen LogP contribution >= 0.6 is 0 Å². The van der Waals surface area contributed by atoms with Gasteiger partial charge in [0.25, 0.3) is 0 Å². The Hall–Kier alpha value is -2.88. The average molecular weight is 310 g/mol. The maximum atomic E-state index is 11.8. The van der Waals surface area contributed by atoms with Crippen LogP contribution in [0.2, 0.25) is 0 Å². The van der Waals surface area contributed by atoms with Crippen LogP contribution in [0.25, 0.3) is 0 Å². The van der Waals surface area contributed by atoms with Gasteiger partial charge in [0, 0.05) is 11.6 Å². The Labute approximate surface area is 135 Å². The molecule has 0 unspecified atom stereocenters. The SMILES string of the molecule is Cc1cccc(COc2ccc(C(=O)/C=C/C(=O)O)cc2C)c1. The van der Waals surface area contributed by atoms with E-state index >= 15 is 0 Å². The van der Waals surface area contributed by atoms with Crippen molar-refractivity contribution in [3.05, 3.63) is 76.9 Å². The first-order chi connectivity index (χ1) is 11.0. The summed E-state index contributed by atoms with van der Waals surface area (Å²) in [5, 5.41) is 8.55. The Balaban J connectivity index is 2.07. The van der Waals surface area contributed by atoms with E-state index in [0.29, 0.717) is 17.9 Å². The van der Waals surface area contributed by atoms with Gasteiger partial charge in [-0.05, 0) is 49.2 Å². The Kier molecular flexibility index (Phi) is 5.31. The van der Waals surface area contributed by atoms with Gasteiger partial charge in [0.05, 0.1) is 0 Å². The fraction of sp³-hybridized carbons (Fsp3) is 0.158. The minimum atomic E-state index is -1.15. The number of ketones is 1. The van der Waals surface area contributed by atoms with Crippen molar-refractivity contribution in [1.82, 2.24) is 0 Å². The summed E-state index contributed by atoms with van der Waals surface area (Å²) in [4.78, 5) is 22.3. The van der Waals surface area contributed by atoms with Crippen LogP contribution in [0.3, 0.4) is 0 Å². The van der Waals surface area contributed by atoms with E-state index in [1.807, 2.05) is 32.0 Å². The molecule has 23 heavy (non-hydrogen) atoms. The van der Waals surface area contributed by atoms with Crippen LogP contribution in [-0.4, -0.2) is 16.9 Å². The predicted octanol–water partition coefficient (Wildman–Crippen LogP) is 3.71. The highest BCUT2D eigenvalue weighted by Crippen LogP contribution is 2.21. The maximum absolute atomic E-state index is 11.8. The molecule has 0 aliphatic rings. The van der Waals surface area contributed by atoms with Gasteiger partial charge < -0.3 is 9.84 Å². The Bertz CT molecular complexity index is 760. The molecule has 2 aromatic carbocycles. The van der Waals surface area contributed by atoms with Crippen molar-refractivity contribution in [1.29, 1.82) is 0 Å². The summed E-state index contributed by atoms with van der Waals surface area (Å²) < 4.78 is 5.79. The number of carbonyl (C=O) groups is 2. The molecule has 0 heterocycles. The molecule has 0 bridgehead atoms. The smallest absolute Gasteiger partial charge is 0.328 e. The van der Waals surface area contributed by atoms with Gasteiger partial charge >= 0.3 is 5.97 Å². The number of carboxylic acids is 1. The molecular weight excluding hydrogens is 292 g/mol. The van der Waals surface area contributed by atoms with Gasteiger partial charge in [-0.25, -0.2) is 4.79 Å². The molecule has 0 saturated carbocycles. The van der Waals surface area contributed by atoms with Gasteiger partial charge in [-0.15, -0.1) is 0 Å². The number of hydrogen-bond donors (Lipinski definition) is 1. The van der Waals surface area contributed by atoms with Crippen molar-refractivity contribution in [3.8, 4) is 5.75 Å². The summed E-state index contributed by atoms with van der Waals surface area (Å²) in [7, 11) is 0. The monoisotopic (exact) mass is 310 g/mol. The first-order valence-corrected chi connectivity index (χ1v) is 7.20. The van der Waals surface area contributed by atoms with Gasteiger partial charge in [-0.3, -0.25) is 4.79 Å². The Morgan fingerprint density at radius 1 is 1.09 bits per heavy atom. The molecule has 4 nitrogen and oxygen atoms in total. The van der Waals surface area contributed by atoms with E-state index in [0.717, 1.165) is 23.3 Å². The zero-order valence-electron chi connectivity index (χ0n) is 13.1. The third-order valence-electron chi connectivity index (χ3n) is 3.31. The van der Waals surface area contributed by atoms with Crippen molar-refractivity contribution >= 4 is 11.8 Å². The molecule has 0 saturated heterocycles. The molecule has 0 amide bonds. The number of rotatable bonds is 6. The van der Waals surface area contributed by atoms with Crippen molar-refractivity contribution in [3.63, 3.8) is 0 Å². The Morgan fingerprint density at radius 2 is 1.87 bits per heavy atom. The number of hydrogen-bond acceptors (Lipinski definition) is 3. The van der Waals surface area contributed by atoms with Crippen molar-refractivity contribution in [2.24, 2.45) is 0 Å². The van der Waals surface area contributed by atoms with Crippen LogP contribution in [0.1, 0.15) is 27.0 Å². The lowest BCUT2D eigenvalue weighted by Crippen LogP contribution is -2.00. The molecule has 1 N–H and O–H groups in total. The predicted molar refractivity (Wildman–Crippen MR) is 87.8 cm³/mol. The number of aliphatic carboxylic acids is 1. The standard InChI is InChI=1S/C19H18O4/c1-13-4-3-5-15(10-13)12-23-18-8-6-16(11-14(18)2)17(20)7-9-19(21)22/h3-11H,12H2,1-2H3,(H,21,22)/b9-7+. The molecule has 0 radical (unpaired) electrons. The molecule has 118 valence electrons. The second-order valence-electron chi connectivity index (χ2n) is 5.29. The number of ether oxygens (including phenoxy) is 1. The van der Waals surface area contributed by atoms with Gasteiger partial charge in [0.15, 0.2) is 5.78 Å². The van der Waals surface area contributed by atoms with Crippen molar-refractivity contribution < 1.29 is 19.4 Å². The summed E-state index contributed by atoms with van der Waals surface area (Å²) in [5.41, 5.74) is 3.51. The second-order valence-corrected chi connectivity index (χ2v) is 5.29. The highest BCUT2D eigenvalue weighted by Gasteiger charge is 2.07. The van der Waals surface area contributed by atoms with Gasteiger partial charge in [-0.1, -0.05) is 29.8 Å². The van der Waals surface area contributed by atoms with Crippen molar-refractivity contribution in [2.75, 3.05) is 0 Å². The topological polar surface area (TPSA) is 63.6 Å². The van der Waals surface area contributed by atoms with E-state index in [9.17, 15) is 9.59 Å². The normalized spacial score (nSPS) is 10.7. The molecule has 0 fully saturated rings. The summed E-state index contributed by atoms with van der Waals surface area (Å²) in [5.74, 6) is -0.792. The Morgan fingerprint density at radius 3 is 2.52 bits per heavy atom. The number of carbonyl (C=O) groups excluding carboxylic acids is 1. The number of benzene rings is 2. The van der Waals surface area contributed by atoms with E-state index in [2.05, 4.69) is 6.07 Å². The summed E-state index contributed by atoms with van der Waals surface area (Å²) >= 11 is 0. The third kappa shape index (κ3) is 4.81. The quantitative estimate of drug-likeness (QED) is 0.652. The maximum Gasteiger partial charge on any atom is 0.328 e. The zero-order valence-corrected chi connectivity index (χ0v) is 13.1. The van der Waals surface area contributed by atoms with E-state index in [-0.39, 0.29) is 5.78 Å². The van der Waals surface area contributed by atoms with Gasteiger partial charge in [-0.2, -0.15) is 0 Å². The minimum Gasteiger partial charge on any atom is -0.489 e. The average Bonchev–Trinajstić information content (AvgIpc) is 2.51. The molecule has 2 aromatic rings. The van der Waals surface area contributed by atoms with Crippen LogP contribution < -0.4 is 4.74 Å². The number of carboxylic acid groups (broad SMARTS) is 1. The van der Waals surface area contributed by atoms with E-state index < -0.39 is 5.97 Å². The minimum absolute atomic E-state index is 0.347. The zero-order chi connectivity index (χ0) is 16.8. The lowest BCUT2D eigenvalue weighted by molar-refractivity contribution is -0.131. The molecule has 0 atom stereocenters. The van der Waals surface area contributed by atoms with Crippen LogP contribution in [0.5, 0.6) is 5.75 Å². The second kappa shape index (κ2) is 7.40.